The van der Waals surface area contributed by atoms with E-state index in [1.54, 1.807) is 12.1 Å². The van der Waals surface area contributed by atoms with Crippen molar-refractivity contribution in [2.45, 2.75) is 39.7 Å². The van der Waals surface area contributed by atoms with Crippen LogP contribution in [0.1, 0.15) is 32.8 Å². The Kier molecular flexibility index (Phi) is 6.88. The Bertz CT molecular complexity index is 469. The Morgan fingerprint density at radius 3 is 2.38 bits per heavy atom. The van der Waals surface area contributed by atoms with Crippen LogP contribution in [0.15, 0.2) is 24.3 Å². The van der Waals surface area contributed by atoms with Crippen molar-refractivity contribution in [1.82, 2.24) is 5.32 Å². The Morgan fingerprint density at radius 2 is 1.86 bits per heavy atom. The molecule has 0 aliphatic heterocycles. The van der Waals surface area contributed by atoms with Gasteiger partial charge in [0.15, 0.2) is 0 Å². The van der Waals surface area contributed by atoms with Crippen LogP contribution in [0.3, 0.4) is 0 Å². The van der Waals surface area contributed by atoms with Crippen molar-refractivity contribution in [3.63, 3.8) is 0 Å². The highest BCUT2D eigenvalue weighted by Crippen LogP contribution is 2.12. The lowest BCUT2D eigenvalue weighted by Gasteiger charge is -2.14. The average Bonchev–Trinajstić information content (AvgIpc) is 2.39. The molecule has 5 nitrogen and oxygen atoms in total. The number of hydrogen-bond acceptors (Lipinski definition) is 4. The molecule has 0 radical (unpaired) electrons. The normalized spacial score (nSPS) is 12.0. The van der Waals surface area contributed by atoms with Crippen LogP contribution >= 0.6 is 0 Å². The summed E-state index contributed by atoms with van der Waals surface area (Å²) in [6.45, 7) is 5.98. The summed E-state index contributed by atoms with van der Waals surface area (Å²) in [4.78, 5) is 22.6. The van der Waals surface area contributed by atoms with Crippen molar-refractivity contribution in [3.8, 4) is 5.75 Å². The van der Waals surface area contributed by atoms with Crippen LogP contribution in [-0.4, -0.2) is 24.5 Å². The molecule has 0 fully saturated rings. The lowest BCUT2D eigenvalue weighted by Crippen LogP contribution is -2.42. The third-order valence-corrected chi connectivity index (χ3v) is 2.96. The van der Waals surface area contributed by atoms with Crippen LogP contribution in [0.2, 0.25) is 0 Å². The minimum absolute atomic E-state index is 0.111. The number of carbonyl (C=O) groups excluding carboxylic acids is 2. The number of nitrogens with two attached hydrogens (primary N) is 1. The molecule has 1 aromatic rings. The predicted molar refractivity (Wildman–Crippen MR) is 81.9 cm³/mol. The zero-order valence-electron chi connectivity index (χ0n) is 12.9. The summed E-state index contributed by atoms with van der Waals surface area (Å²) < 4.78 is 4.96. The maximum absolute atomic E-state index is 11.8. The molecule has 5 heteroatoms. The van der Waals surface area contributed by atoms with E-state index >= 15 is 0 Å². The van der Waals surface area contributed by atoms with E-state index in [1.807, 2.05) is 26.0 Å². The molecule has 0 aliphatic carbocycles. The van der Waals surface area contributed by atoms with Crippen molar-refractivity contribution < 1.29 is 14.3 Å². The van der Waals surface area contributed by atoms with Crippen LogP contribution < -0.4 is 15.8 Å². The first kappa shape index (κ1) is 17.2. The van der Waals surface area contributed by atoms with Gasteiger partial charge in [0.1, 0.15) is 5.75 Å². The van der Waals surface area contributed by atoms with Gasteiger partial charge in [0.05, 0.1) is 6.04 Å². The van der Waals surface area contributed by atoms with Crippen LogP contribution in [0, 0.1) is 5.92 Å². The van der Waals surface area contributed by atoms with Crippen molar-refractivity contribution in [1.29, 1.82) is 0 Å². The molecule has 1 rings (SSSR count). The number of rotatable bonds is 7. The van der Waals surface area contributed by atoms with Crippen LogP contribution in [-0.2, 0) is 16.0 Å². The summed E-state index contributed by atoms with van der Waals surface area (Å²) in [7, 11) is 0. The summed E-state index contributed by atoms with van der Waals surface area (Å²) in [5.74, 6) is 0.475. The van der Waals surface area contributed by atoms with Gasteiger partial charge in [-0.15, -0.1) is 0 Å². The Labute approximate surface area is 125 Å². The predicted octanol–water partition coefficient (Wildman–Crippen LogP) is 1.64. The second-order valence-electron chi connectivity index (χ2n) is 5.51. The largest absolute Gasteiger partial charge is 0.427 e. The molecule has 1 atom stereocenters. The molecule has 0 saturated carbocycles. The molecule has 1 amide bonds. The number of esters is 1. The monoisotopic (exact) mass is 292 g/mol. The van der Waals surface area contributed by atoms with E-state index in [0.717, 1.165) is 5.56 Å². The molecule has 21 heavy (non-hydrogen) atoms. The van der Waals surface area contributed by atoms with Crippen LogP contribution in [0.25, 0.3) is 0 Å². The van der Waals surface area contributed by atoms with Crippen molar-refractivity contribution in [2.75, 3.05) is 6.54 Å². The van der Waals surface area contributed by atoms with Gasteiger partial charge in [-0.25, -0.2) is 0 Å². The van der Waals surface area contributed by atoms with E-state index in [0.29, 0.717) is 31.1 Å². The molecule has 116 valence electrons. The summed E-state index contributed by atoms with van der Waals surface area (Å²) in [6.07, 6.45) is 1.39. The van der Waals surface area contributed by atoms with Gasteiger partial charge in [-0.05, 0) is 36.5 Å². The standard InChI is InChI=1S/C16H24N2O3/c1-11(2)10-15(17)16(20)18-9-8-13-4-6-14(7-5-13)21-12(3)19/h4-7,11,15H,8-10,17H2,1-3H3,(H,18,20)/t15-/m0/s1. The Balaban J connectivity index is 2.35. The Hall–Kier alpha value is -1.88. The first-order valence-corrected chi connectivity index (χ1v) is 7.19. The molecule has 0 saturated heterocycles. The van der Waals surface area contributed by atoms with Crippen molar-refractivity contribution >= 4 is 11.9 Å². The highest BCUT2D eigenvalue weighted by molar-refractivity contribution is 5.81. The van der Waals surface area contributed by atoms with Gasteiger partial charge >= 0.3 is 5.97 Å². The van der Waals surface area contributed by atoms with E-state index in [9.17, 15) is 9.59 Å². The van der Waals surface area contributed by atoms with Crippen LogP contribution in [0.4, 0.5) is 0 Å². The van der Waals surface area contributed by atoms with Gasteiger partial charge in [0.25, 0.3) is 0 Å². The maximum atomic E-state index is 11.8. The zero-order chi connectivity index (χ0) is 15.8. The molecule has 0 heterocycles. The average molecular weight is 292 g/mol. The summed E-state index contributed by atoms with van der Waals surface area (Å²) in [5, 5.41) is 2.83. The SMILES string of the molecule is CC(=O)Oc1ccc(CCNC(=O)[C@@H](N)CC(C)C)cc1. The van der Waals surface area contributed by atoms with Gasteiger partial charge in [-0.1, -0.05) is 26.0 Å². The number of ether oxygens (including phenoxy) is 1. The lowest BCUT2D eigenvalue weighted by molar-refractivity contribution is -0.131. The number of benzene rings is 1. The maximum Gasteiger partial charge on any atom is 0.308 e. The third kappa shape index (κ3) is 6.90. The molecule has 0 bridgehead atoms. The van der Waals surface area contributed by atoms with E-state index in [4.69, 9.17) is 10.5 Å². The number of amides is 1. The zero-order valence-corrected chi connectivity index (χ0v) is 12.9. The molecule has 1 aromatic carbocycles. The van der Waals surface area contributed by atoms with E-state index in [2.05, 4.69) is 5.32 Å². The fourth-order valence-corrected chi connectivity index (χ4v) is 1.97. The minimum atomic E-state index is -0.448. The first-order valence-electron chi connectivity index (χ1n) is 7.19. The Morgan fingerprint density at radius 1 is 1.24 bits per heavy atom. The van der Waals surface area contributed by atoms with Gasteiger partial charge in [-0.2, -0.15) is 0 Å². The highest BCUT2D eigenvalue weighted by atomic mass is 16.5. The van der Waals surface area contributed by atoms with Gasteiger partial charge in [0.2, 0.25) is 5.91 Å². The van der Waals surface area contributed by atoms with Gasteiger partial charge in [-0.3, -0.25) is 9.59 Å². The van der Waals surface area contributed by atoms with Gasteiger partial charge in [0, 0.05) is 13.5 Å². The van der Waals surface area contributed by atoms with E-state index in [-0.39, 0.29) is 11.9 Å². The number of hydrogen-bond donors (Lipinski definition) is 2. The second kappa shape index (κ2) is 8.42. The second-order valence-corrected chi connectivity index (χ2v) is 5.51. The van der Waals surface area contributed by atoms with Gasteiger partial charge < -0.3 is 15.8 Å². The third-order valence-electron chi connectivity index (χ3n) is 2.96. The minimum Gasteiger partial charge on any atom is -0.427 e. The van der Waals surface area contributed by atoms with Crippen LogP contribution in [0.5, 0.6) is 5.75 Å². The summed E-state index contributed by atoms with van der Waals surface area (Å²) in [6, 6.07) is 6.78. The topological polar surface area (TPSA) is 81.4 Å². The fraction of sp³-hybridized carbons (Fsp3) is 0.500. The smallest absolute Gasteiger partial charge is 0.308 e. The first-order chi connectivity index (χ1) is 9.88. The van der Waals surface area contributed by atoms with E-state index < -0.39 is 6.04 Å². The van der Waals surface area contributed by atoms with E-state index in [1.165, 1.54) is 6.92 Å². The fourth-order valence-electron chi connectivity index (χ4n) is 1.97. The number of carbonyl (C=O) groups is 2. The summed E-state index contributed by atoms with van der Waals surface area (Å²) >= 11 is 0. The molecule has 0 aliphatic rings. The molecule has 0 aromatic heterocycles. The lowest BCUT2D eigenvalue weighted by atomic mass is 10.0. The molecular formula is C16H24N2O3. The molecule has 0 unspecified atom stereocenters. The molecular weight excluding hydrogens is 268 g/mol. The summed E-state index contributed by atoms with van der Waals surface area (Å²) in [5.41, 5.74) is 6.86. The molecule has 3 N–H and O–H groups in total. The van der Waals surface area contributed by atoms with Crippen molar-refractivity contribution in [3.05, 3.63) is 29.8 Å². The highest BCUT2D eigenvalue weighted by Gasteiger charge is 2.13. The molecule has 0 spiro atoms. The number of nitrogens with one attached hydrogen (secondary N) is 1. The quantitative estimate of drug-likeness (QED) is 0.591. The van der Waals surface area contributed by atoms with Crippen molar-refractivity contribution in [2.24, 2.45) is 11.7 Å².